The molecule has 0 aliphatic rings. The second-order valence-corrected chi connectivity index (χ2v) is 3.91. The highest BCUT2D eigenvalue weighted by Crippen LogP contribution is 2.19. The standard InChI is InChI=1S/C13H17NO/c1-8-5-6-9(2)12(7-8)13(14)10(3)11(4)15/h5-7H,14H2,1-4H3/b13-10+. The van der Waals surface area contributed by atoms with E-state index in [1.807, 2.05) is 32.0 Å². The fourth-order valence-electron chi connectivity index (χ4n) is 1.42. The minimum absolute atomic E-state index is 0.0217. The molecule has 0 saturated carbocycles. The van der Waals surface area contributed by atoms with Crippen LogP contribution in [0.2, 0.25) is 0 Å². The SMILES string of the molecule is CC(=O)/C(C)=C(/N)c1cc(C)ccc1C. The number of allylic oxidation sites excluding steroid dienone is 1. The molecule has 0 aliphatic carbocycles. The summed E-state index contributed by atoms with van der Waals surface area (Å²) in [5.41, 5.74) is 10.4. The lowest BCUT2D eigenvalue weighted by molar-refractivity contribution is -0.113. The first-order valence-electron chi connectivity index (χ1n) is 4.98. The number of benzene rings is 1. The van der Waals surface area contributed by atoms with Gasteiger partial charge in [0.2, 0.25) is 0 Å². The Hall–Kier alpha value is -1.57. The number of carbonyl (C=O) groups is 1. The molecule has 1 aromatic carbocycles. The van der Waals surface area contributed by atoms with Crippen molar-refractivity contribution in [3.63, 3.8) is 0 Å². The number of Topliss-reactive ketones (excluding diaryl/α,β-unsaturated/α-hetero) is 1. The van der Waals surface area contributed by atoms with Crippen molar-refractivity contribution in [3.05, 3.63) is 40.5 Å². The zero-order valence-corrected chi connectivity index (χ0v) is 9.72. The van der Waals surface area contributed by atoms with Gasteiger partial charge >= 0.3 is 0 Å². The summed E-state index contributed by atoms with van der Waals surface area (Å²) in [6.07, 6.45) is 0. The lowest BCUT2D eigenvalue weighted by Gasteiger charge is -2.09. The molecule has 0 spiro atoms. The number of hydrogen-bond acceptors (Lipinski definition) is 2. The summed E-state index contributed by atoms with van der Waals surface area (Å²) in [6.45, 7) is 7.31. The third-order valence-corrected chi connectivity index (χ3v) is 2.62. The smallest absolute Gasteiger partial charge is 0.157 e. The Balaban J connectivity index is 3.33. The molecule has 2 N–H and O–H groups in total. The van der Waals surface area contributed by atoms with E-state index in [1.165, 1.54) is 6.92 Å². The topological polar surface area (TPSA) is 43.1 Å². The van der Waals surface area contributed by atoms with E-state index >= 15 is 0 Å². The Morgan fingerprint density at radius 1 is 1.20 bits per heavy atom. The maximum absolute atomic E-state index is 11.2. The van der Waals surface area contributed by atoms with E-state index in [0.29, 0.717) is 11.3 Å². The molecule has 0 saturated heterocycles. The van der Waals surface area contributed by atoms with Crippen LogP contribution in [0.1, 0.15) is 30.5 Å². The molecule has 0 aliphatic heterocycles. The Kier molecular flexibility index (Phi) is 3.30. The average Bonchev–Trinajstić information content (AvgIpc) is 2.19. The highest BCUT2D eigenvalue weighted by molar-refractivity contribution is 6.00. The molecule has 0 aromatic heterocycles. The molecule has 0 heterocycles. The highest BCUT2D eigenvalue weighted by Gasteiger charge is 2.08. The molecule has 0 amide bonds. The quantitative estimate of drug-likeness (QED) is 0.751. The Bertz CT molecular complexity index is 430. The van der Waals surface area contributed by atoms with Crippen LogP contribution < -0.4 is 5.73 Å². The van der Waals surface area contributed by atoms with E-state index in [0.717, 1.165) is 16.7 Å². The van der Waals surface area contributed by atoms with Crippen LogP contribution in [0.4, 0.5) is 0 Å². The van der Waals surface area contributed by atoms with Crippen molar-refractivity contribution in [2.45, 2.75) is 27.7 Å². The van der Waals surface area contributed by atoms with Crippen molar-refractivity contribution in [3.8, 4) is 0 Å². The van der Waals surface area contributed by atoms with Crippen LogP contribution in [-0.2, 0) is 4.79 Å². The van der Waals surface area contributed by atoms with Gasteiger partial charge in [0.1, 0.15) is 0 Å². The van der Waals surface area contributed by atoms with E-state index in [-0.39, 0.29) is 5.78 Å². The number of hydrogen-bond donors (Lipinski definition) is 1. The molecule has 0 radical (unpaired) electrons. The average molecular weight is 203 g/mol. The second kappa shape index (κ2) is 4.30. The highest BCUT2D eigenvalue weighted by atomic mass is 16.1. The zero-order valence-electron chi connectivity index (χ0n) is 9.72. The second-order valence-electron chi connectivity index (χ2n) is 3.91. The van der Waals surface area contributed by atoms with Gasteiger partial charge in [0.25, 0.3) is 0 Å². The Labute approximate surface area is 90.8 Å². The first kappa shape index (κ1) is 11.5. The predicted octanol–water partition coefficient (Wildman–Crippen LogP) is 2.58. The van der Waals surface area contributed by atoms with Crippen molar-refractivity contribution in [2.24, 2.45) is 5.73 Å². The summed E-state index contributed by atoms with van der Waals surface area (Å²) in [4.78, 5) is 11.2. The van der Waals surface area contributed by atoms with Crippen LogP contribution in [0.15, 0.2) is 23.8 Å². The summed E-state index contributed by atoms with van der Waals surface area (Å²) >= 11 is 0. The Morgan fingerprint density at radius 3 is 2.33 bits per heavy atom. The lowest BCUT2D eigenvalue weighted by atomic mass is 9.99. The van der Waals surface area contributed by atoms with Gasteiger partial charge in [0.15, 0.2) is 5.78 Å². The number of ketones is 1. The number of rotatable bonds is 2. The first-order chi connectivity index (χ1) is 6.93. The predicted molar refractivity (Wildman–Crippen MR) is 63.4 cm³/mol. The van der Waals surface area contributed by atoms with Gasteiger partial charge in [-0.1, -0.05) is 17.7 Å². The van der Waals surface area contributed by atoms with Crippen LogP contribution in [0, 0.1) is 13.8 Å². The largest absolute Gasteiger partial charge is 0.398 e. The van der Waals surface area contributed by atoms with Crippen molar-refractivity contribution in [2.75, 3.05) is 0 Å². The zero-order chi connectivity index (χ0) is 11.6. The van der Waals surface area contributed by atoms with E-state index in [4.69, 9.17) is 5.73 Å². The lowest BCUT2D eigenvalue weighted by Crippen LogP contribution is -2.06. The van der Waals surface area contributed by atoms with E-state index < -0.39 is 0 Å². The maximum Gasteiger partial charge on any atom is 0.157 e. The van der Waals surface area contributed by atoms with Crippen molar-refractivity contribution >= 4 is 11.5 Å². The maximum atomic E-state index is 11.2. The molecular formula is C13H17NO. The molecule has 0 atom stereocenters. The van der Waals surface area contributed by atoms with Crippen LogP contribution in [0.5, 0.6) is 0 Å². The molecule has 0 bridgehead atoms. The van der Waals surface area contributed by atoms with E-state index in [1.54, 1.807) is 6.92 Å². The molecule has 80 valence electrons. The van der Waals surface area contributed by atoms with Crippen LogP contribution >= 0.6 is 0 Å². The summed E-state index contributed by atoms with van der Waals surface area (Å²) < 4.78 is 0. The molecule has 15 heavy (non-hydrogen) atoms. The van der Waals surface area contributed by atoms with Crippen LogP contribution in [-0.4, -0.2) is 5.78 Å². The van der Waals surface area contributed by atoms with Gasteiger partial charge in [-0.25, -0.2) is 0 Å². The Morgan fingerprint density at radius 2 is 1.80 bits per heavy atom. The summed E-state index contributed by atoms with van der Waals surface area (Å²) in [7, 11) is 0. The van der Waals surface area contributed by atoms with Gasteiger partial charge in [0.05, 0.1) is 0 Å². The normalized spacial score (nSPS) is 12.3. The van der Waals surface area contributed by atoms with Crippen molar-refractivity contribution < 1.29 is 4.79 Å². The minimum atomic E-state index is 0.0217. The van der Waals surface area contributed by atoms with Gasteiger partial charge in [-0.3, -0.25) is 4.79 Å². The molecule has 1 aromatic rings. The van der Waals surface area contributed by atoms with Gasteiger partial charge in [0, 0.05) is 16.8 Å². The number of aryl methyl sites for hydroxylation is 2. The molecular weight excluding hydrogens is 186 g/mol. The van der Waals surface area contributed by atoms with Crippen LogP contribution in [0.25, 0.3) is 5.70 Å². The molecule has 2 heteroatoms. The molecule has 0 unspecified atom stereocenters. The summed E-state index contributed by atoms with van der Waals surface area (Å²) in [5, 5.41) is 0. The number of nitrogens with two attached hydrogens (primary N) is 1. The van der Waals surface area contributed by atoms with Gasteiger partial charge in [-0.2, -0.15) is 0 Å². The molecule has 1 rings (SSSR count). The fourth-order valence-corrected chi connectivity index (χ4v) is 1.42. The third-order valence-electron chi connectivity index (χ3n) is 2.62. The first-order valence-corrected chi connectivity index (χ1v) is 4.98. The minimum Gasteiger partial charge on any atom is -0.398 e. The van der Waals surface area contributed by atoms with Crippen molar-refractivity contribution in [1.82, 2.24) is 0 Å². The van der Waals surface area contributed by atoms with E-state index in [9.17, 15) is 4.79 Å². The third kappa shape index (κ3) is 2.46. The molecule has 2 nitrogen and oxygen atoms in total. The van der Waals surface area contributed by atoms with Crippen LogP contribution in [0.3, 0.4) is 0 Å². The van der Waals surface area contributed by atoms with Crippen molar-refractivity contribution in [1.29, 1.82) is 0 Å². The van der Waals surface area contributed by atoms with Gasteiger partial charge in [-0.05, 0) is 39.3 Å². The van der Waals surface area contributed by atoms with E-state index in [2.05, 4.69) is 0 Å². The van der Waals surface area contributed by atoms with Gasteiger partial charge in [-0.15, -0.1) is 0 Å². The summed E-state index contributed by atoms with van der Waals surface area (Å²) in [5.74, 6) is 0.0217. The van der Waals surface area contributed by atoms with Gasteiger partial charge < -0.3 is 5.73 Å². The molecule has 0 fully saturated rings. The fraction of sp³-hybridized carbons (Fsp3) is 0.308. The number of carbonyl (C=O) groups excluding carboxylic acids is 1. The monoisotopic (exact) mass is 203 g/mol. The summed E-state index contributed by atoms with van der Waals surface area (Å²) in [6, 6.07) is 6.07.